The van der Waals surface area contributed by atoms with E-state index in [-0.39, 0.29) is 5.78 Å². The zero-order valence-corrected chi connectivity index (χ0v) is 10.5. The monoisotopic (exact) mass is 234 g/mol. The summed E-state index contributed by atoms with van der Waals surface area (Å²) < 4.78 is 0. The maximum absolute atomic E-state index is 11.3. The average Bonchev–Trinajstić information content (AvgIpc) is 2.32. The average molecular weight is 235 g/mol. The van der Waals surface area contributed by atoms with Crippen molar-refractivity contribution in [3.05, 3.63) is 47.0 Å². The molecule has 0 bridgehead atoms. The molecule has 0 heterocycles. The molecule has 0 aliphatic carbocycles. The smallest absolute Gasteiger partial charge is 0.160 e. The zero-order chi connectivity index (χ0) is 12.1. The molecule has 2 rings (SSSR count). The van der Waals surface area contributed by atoms with Gasteiger partial charge in [-0.3, -0.25) is 4.79 Å². The van der Waals surface area contributed by atoms with Crippen molar-refractivity contribution in [3.63, 3.8) is 0 Å². The minimum atomic E-state index is 0.0675. The van der Waals surface area contributed by atoms with E-state index in [0.29, 0.717) is 5.02 Å². The van der Waals surface area contributed by atoms with Crippen LogP contribution in [0.4, 0.5) is 0 Å². The van der Waals surface area contributed by atoms with Crippen LogP contribution in [-0.2, 0) is 0 Å². The molecule has 0 atom stereocenters. The van der Waals surface area contributed by atoms with Crippen LogP contribution in [0.25, 0.3) is 10.8 Å². The van der Waals surface area contributed by atoms with Crippen molar-refractivity contribution in [2.24, 2.45) is 0 Å². The van der Waals surface area contributed by atoms with Gasteiger partial charge in [-0.05, 0) is 24.4 Å². The molecule has 2 heteroatoms. The fraction of sp³-hybridized carbons (Fsp3) is 0.214. The van der Waals surface area contributed by atoms with Crippen LogP contribution < -0.4 is 0 Å². The largest absolute Gasteiger partial charge is 0.294 e. The van der Waals surface area contributed by atoms with E-state index in [9.17, 15) is 4.79 Å². The lowest BCUT2D eigenvalue weighted by molar-refractivity contribution is 0.101. The number of halogens is 1. The first-order chi connectivity index (χ1) is 7.70. The molecule has 0 saturated heterocycles. The predicted molar refractivity (Wildman–Crippen MR) is 70.3 cm³/mol. The molecule has 2 aromatic rings. The van der Waals surface area contributed by atoms with Crippen LogP contribution in [0.15, 0.2) is 36.4 Å². The predicted octanol–water partition coefficient (Wildman–Crippen LogP) is 4.72. The van der Waals surface area contributed by atoms with E-state index in [1.165, 1.54) is 0 Å². The molecule has 0 fully saturated rings. The van der Waals surface area contributed by atoms with Crippen molar-refractivity contribution in [2.75, 3.05) is 0 Å². The Kier molecular flexibility index (Phi) is 4.51. The fourth-order valence-corrected chi connectivity index (χ4v) is 1.80. The van der Waals surface area contributed by atoms with E-state index in [1.54, 1.807) is 19.1 Å². The molecule has 16 heavy (non-hydrogen) atoms. The van der Waals surface area contributed by atoms with E-state index in [1.807, 2.05) is 38.1 Å². The third-order valence-corrected chi connectivity index (χ3v) is 2.58. The summed E-state index contributed by atoms with van der Waals surface area (Å²) >= 11 is 6.02. The molecule has 0 aromatic heterocycles. The number of hydrogen-bond acceptors (Lipinski definition) is 1. The number of carbonyl (C=O) groups is 1. The number of carbonyl (C=O) groups excluding carboxylic acids is 1. The lowest BCUT2D eigenvalue weighted by Gasteiger charge is -2.04. The third-order valence-electron chi connectivity index (χ3n) is 2.25. The second-order valence-corrected chi connectivity index (χ2v) is 3.60. The molecule has 0 radical (unpaired) electrons. The molecule has 0 N–H and O–H groups in total. The van der Waals surface area contributed by atoms with Gasteiger partial charge in [0.15, 0.2) is 5.78 Å². The van der Waals surface area contributed by atoms with Gasteiger partial charge < -0.3 is 0 Å². The van der Waals surface area contributed by atoms with E-state index in [4.69, 9.17) is 11.6 Å². The number of rotatable bonds is 1. The molecule has 0 aliphatic heterocycles. The van der Waals surface area contributed by atoms with E-state index in [2.05, 4.69) is 0 Å². The number of fused-ring (bicyclic) bond motifs is 1. The van der Waals surface area contributed by atoms with Crippen molar-refractivity contribution < 1.29 is 4.79 Å². The Morgan fingerprint density at radius 1 is 1.00 bits per heavy atom. The van der Waals surface area contributed by atoms with Crippen molar-refractivity contribution >= 4 is 28.2 Å². The number of benzene rings is 2. The Bertz CT molecular complexity index is 503. The number of Topliss-reactive ketones (excluding diaryl/α,β-unsaturated/α-hetero) is 1. The van der Waals surface area contributed by atoms with Crippen LogP contribution >= 0.6 is 11.6 Å². The maximum atomic E-state index is 11.3. The summed E-state index contributed by atoms with van der Waals surface area (Å²) in [7, 11) is 0. The lowest BCUT2D eigenvalue weighted by Crippen LogP contribution is -1.93. The van der Waals surface area contributed by atoms with Crippen molar-refractivity contribution in [3.8, 4) is 0 Å². The van der Waals surface area contributed by atoms with E-state index in [0.717, 1.165) is 16.3 Å². The molecule has 84 valence electrons. The minimum Gasteiger partial charge on any atom is -0.294 e. The highest BCUT2D eigenvalue weighted by atomic mass is 35.5. The normalized spacial score (nSPS) is 9.50. The van der Waals surface area contributed by atoms with Gasteiger partial charge in [0.2, 0.25) is 0 Å². The Labute approximate surface area is 101 Å². The molecular weight excluding hydrogens is 220 g/mol. The highest BCUT2D eigenvalue weighted by Crippen LogP contribution is 2.26. The zero-order valence-electron chi connectivity index (χ0n) is 9.75. The molecule has 0 saturated carbocycles. The van der Waals surface area contributed by atoms with Gasteiger partial charge in [-0.2, -0.15) is 0 Å². The van der Waals surface area contributed by atoms with Crippen LogP contribution in [-0.4, -0.2) is 5.78 Å². The highest BCUT2D eigenvalue weighted by Gasteiger charge is 2.06. The summed E-state index contributed by atoms with van der Waals surface area (Å²) in [5.41, 5.74) is 0.727. The molecule has 2 aromatic carbocycles. The van der Waals surface area contributed by atoms with Crippen molar-refractivity contribution in [2.45, 2.75) is 20.8 Å². The molecule has 0 spiro atoms. The third kappa shape index (κ3) is 2.42. The fourth-order valence-electron chi connectivity index (χ4n) is 1.57. The summed E-state index contributed by atoms with van der Waals surface area (Å²) in [6.45, 7) is 5.57. The first kappa shape index (κ1) is 12.7. The van der Waals surface area contributed by atoms with Crippen LogP contribution in [0.1, 0.15) is 31.1 Å². The molecule has 1 nitrogen and oxygen atoms in total. The second kappa shape index (κ2) is 5.66. The van der Waals surface area contributed by atoms with Crippen LogP contribution in [0, 0.1) is 0 Å². The molecule has 0 amide bonds. The summed E-state index contributed by atoms with van der Waals surface area (Å²) in [5.74, 6) is 0.0675. The number of ketones is 1. The van der Waals surface area contributed by atoms with Gasteiger partial charge in [0.05, 0.1) is 0 Å². The first-order valence-electron chi connectivity index (χ1n) is 5.38. The Hall–Kier alpha value is -1.34. The van der Waals surface area contributed by atoms with Gasteiger partial charge in [0.1, 0.15) is 0 Å². The van der Waals surface area contributed by atoms with E-state index >= 15 is 0 Å². The molecule has 0 unspecified atom stereocenters. The summed E-state index contributed by atoms with van der Waals surface area (Å²) in [6.07, 6.45) is 0. The van der Waals surface area contributed by atoms with Crippen LogP contribution in [0.2, 0.25) is 5.02 Å². The Morgan fingerprint density at radius 2 is 1.56 bits per heavy atom. The quantitative estimate of drug-likeness (QED) is 0.653. The van der Waals surface area contributed by atoms with Crippen molar-refractivity contribution in [1.29, 1.82) is 0 Å². The molecule has 0 aliphatic rings. The van der Waals surface area contributed by atoms with Gasteiger partial charge in [-0.15, -0.1) is 0 Å². The van der Waals surface area contributed by atoms with Crippen LogP contribution in [0.3, 0.4) is 0 Å². The van der Waals surface area contributed by atoms with E-state index < -0.39 is 0 Å². The van der Waals surface area contributed by atoms with Gasteiger partial charge in [0, 0.05) is 16.0 Å². The molecular formula is C14H15ClO. The van der Waals surface area contributed by atoms with Gasteiger partial charge in [0.25, 0.3) is 0 Å². The lowest BCUT2D eigenvalue weighted by atomic mass is 10.0. The Balaban J connectivity index is 0.000000606. The van der Waals surface area contributed by atoms with Gasteiger partial charge >= 0.3 is 0 Å². The first-order valence-corrected chi connectivity index (χ1v) is 5.76. The standard InChI is InChI=1S/C12H9ClO.C2H6/c1-8(14)9-6-7-12(13)11-5-3-2-4-10(9)11;1-2/h2-7H,1H3;1-2H3. The summed E-state index contributed by atoms with van der Waals surface area (Å²) in [6, 6.07) is 11.2. The maximum Gasteiger partial charge on any atom is 0.160 e. The van der Waals surface area contributed by atoms with Gasteiger partial charge in [-0.1, -0.05) is 49.7 Å². The topological polar surface area (TPSA) is 17.1 Å². The highest BCUT2D eigenvalue weighted by molar-refractivity contribution is 6.36. The SMILES string of the molecule is CC.CC(=O)c1ccc(Cl)c2ccccc12. The summed E-state index contributed by atoms with van der Waals surface area (Å²) in [4.78, 5) is 11.3. The summed E-state index contributed by atoms with van der Waals surface area (Å²) in [5, 5.41) is 2.54. The number of hydrogen-bond donors (Lipinski definition) is 0. The van der Waals surface area contributed by atoms with Crippen LogP contribution in [0.5, 0.6) is 0 Å². The van der Waals surface area contributed by atoms with Gasteiger partial charge in [-0.25, -0.2) is 0 Å². The minimum absolute atomic E-state index is 0.0675. The van der Waals surface area contributed by atoms with Crippen molar-refractivity contribution in [1.82, 2.24) is 0 Å². The Morgan fingerprint density at radius 3 is 2.12 bits per heavy atom. The second-order valence-electron chi connectivity index (χ2n) is 3.20.